The van der Waals surface area contributed by atoms with Gasteiger partial charge in [-0.3, -0.25) is 0 Å². The molecule has 0 saturated carbocycles. The molecular weight excluding hydrogens is 244 g/mol. The van der Waals surface area contributed by atoms with Gasteiger partial charge in [-0.25, -0.2) is 13.4 Å². The summed E-state index contributed by atoms with van der Waals surface area (Å²) in [6.07, 6.45) is 5.82. The van der Waals surface area contributed by atoms with Crippen LogP contribution in [-0.4, -0.2) is 31.0 Å². The van der Waals surface area contributed by atoms with Crippen LogP contribution in [0.5, 0.6) is 0 Å². The highest BCUT2D eigenvalue weighted by molar-refractivity contribution is 7.88. The highest BCUT2D eigenvalue weighted by Crippen LogP contribution is 2.27. The fourth-order valence-corrected chi connectivity index (χ4v) is 3.43. The quantitative estimate of drug-likeness (QED) is 0.825. The number of nitrogens with zero attached hydrogens (tertiary/aromatic N) is 2. The van der Waals surface area contributed by atoms with Crippen molar-refractivity contribution in [2.45, 2.75) is 32.2 Å². The first-order valence-electron chi connectivity index (χ1n) is 5.35. The Bertz CT molecular complexity index is 456. The van der Waals surface area contributed by atoms with Crippen LogP contribution in [0.25, 0.3) is 0 Å². The van der Waals surface area contributed by atoms with Crippen molar-refractivity contribution in [3.8, 4) is 0 Å². The topological polar surface area (TPSA) is 50.3 Å². The molecule has 0 saturated heterocycles. The molecule has 1 aliphatic rings. The van der Waals surface area contributed by atoms with Gasteiger partial charge in [-0.05, 0) is 25.7 Å². The van der Waals surface area contributed by atoms with Crippen LogP contribution in [0.1, 0.15) is 28.4 Å². The third-order valence-electron chi connectivity index (χ3n) is 2.81. The molecule has 90 valence electrons. The summed E-state index contributed by atoms with van der Waals surface area (Å²) in [5.74, 6) is 0. The van der Waals surface area contributed by atoms with E-state index in [1.165, 1.54) is 34.0 Å². The van der Waals surface area contributed by atoms with Gasteiger partial charge in [0.2, 0.25) is 10.0 Å². The van der Waals surface area contributed by atoms with Crippen LogP contribution in [0, 0.1) is 0 Å². The maximum absolute atomic E-state index is 11.3. The van der Waals surface area contributed by atoms with Gasteiger partial charge in [0, 0.05) is 11.9 Å². The third kappa shape index (κ3) is 2.61. The van der Waals surface area contributed by atoms with Crippen molar-refractivity contribution < 1.29 is 8.42 Å². The summed E-state index contributed by atoms with van der Waals surface area (Å²) in [6.45, 7) is 0.399. The van der Waals surface area contributed by atoms with Crippen molar-refractivity contribution in [3.05, 3.63) is 15.6 Å². The molecule has 2 rings (SSSR count). The Morgan fingerprint density at radius 3 is 2.69 bits per heavy atom. The van der Waals surface area contributed by atoms with E-state index in [2.05, 4.69) is 4.98 Å². The number of fused-ring (bicyclic) bond motifs is 1. The van der Waals surface area contributed by atoms with Crippen molar-refractivity contribution in [1.29, 1.82) is 0 Å². The van der Waals surface area contributed by atoms with Crippen LogP contribution in [-0.2, 0) is 29.4 Å². The molecule has 1 heterocycles. The van der Waals surface area contributed by atoms with Crippen molar-refractivity contribution in [2.75, 3.05) is 13.3 Å². The minimum atomic E-state index is -3.10. The second kappa shape index (κ2) is 4.43. The van der Waals surface area contributed by atoms with E-state index in [0.717, 1.165) is 17.8 Å². The number of thiazole rings is 1. The van der Waals surface area contributed by atoms with E-state index in [0.29, 0.717) is 6.54 Å². The Kier molecular flexibility index (Phi) is 3.32. The zero-order valence-corrected chi connectivity index (χ0v) is 11.2. The van der Waals surface area contributed by atoms with Gasteiger partial charge in [-0.2, -0.15) is 4.31 Å². The lowest BCUT2D eigenvalue weighted by molar-refractivity contribution is 0.471. The van der Waals surface area contributed by atoms with Gasteiger partial charge in [-0.1, -0.05) is 0 Å². The maximum atomic E-state index is 11.3. The van der Waals surface area contributed by atoms with Gasteiger partial charge in [0.15, 0.2) is 0 Å². The van der Waals surface area contributed by atoms with Gasteiger partial charge in [-0.15, -0.1) is 11.3 Å². The standard InChI is InChI=1S/C10H16N2O2S2/c1-12(16(2,13)14)7-10-11-8-5-3-4-6-9(8)15-10/h3-7H2,1-2H3. The maximum Gasteiger partial charge on any atom is 0.211 e. The van der Waals surface area contributed by atoms with E-state index in [4.69, 9.17) is 0 Å². The number of aryl methyl sites for hydroxylation is 2. The average Bonchev–Trinajstić information content (AvgIpc) is 2.58. The lowest BCUT2D eigenvalue weighted by Crippen LogP contribution is -2.24. The molecule has 0 aliphatic heterocycles. The number of aromatic nitrogens is 1. The zero-order valence-electron chi connectivity index (χ0n) is 9.56. The molecule has 1 aliphatic carbocycles. The molecule has 0 N–H and O–H groups in total. The number of hydrogen-bond acceptors (Lipinski definition) is 4. The molecule has 0 unspecified atom stereocenters. The van der Waals surface area contributed by atoms with Crippen LogP contribution in [0.4, 0.5) is 0 Å². The monoisotopic (exact) mass is 260 g/mol. The fourth-order valence-electron chi connectivity index (χ4n) is 1.78. The lowest BCUT2D eigenvalue weighted by atomic mass is 10.0. The highest BCUT2D eigenvalue weighted by Gasteiger charge is 2.18. The number of sulfonamides is 1. The van der Waals surface area contributed by atoms with Crippen LogP contribution < -0.4 is 0 Å². The summed E-state index contributed by atoms with van der Waals surface area (Å²) in [6, 6.07) is 0. The fraction of sp³-hybridized carbons (Fsp3) is 0.700. The lowest BCUT2D eigenvalue weighted by Gasteiger charge is -2.11. The first kappa shape index (κ1) is 12.0. The van der Waals surface area contributed by atoms with Gasteiger partial charge >= 0.3 is 0 Å². The van der Waals surface area contributed by atoms with Crippen molar-refractivity contribution >= 4 is 21.4 Å². The summed E-state index contributed by atoms with van der Waals surface area (Å²) >= 11 is 1.66. The van der Waals surface area contributed by atoms with Gasteiger partial charge in [0.1, 0.15) is 5.01 Å². The van der Waals surface area contributed by atoms with E-state index >= 15 is 0 Å². The minimum absolute atomic E-state index is 0.399. The highest BCUT2D eigenvalue weighted by atomic mass is 32.2. The molecule has 0 radical (unpaired) electrons. The second-order valence-electron chi connectivity index (χ2n) is 4.20. The van der Waals surface area contributed by atoms with Crippen molar-refractivity contribution in [2.24, 2.45) is 0 Å². The van der Waals surface area contributed by atoms with Crippen molar-refractivity contribution in [3.63, 3.8) is 0 Å². The molecule has 0 fully saturated rings. The first-order chi connectivity index (χ1) is 7.47. The number of hydrogen-bond donors (Lipinski definition) is 0. The molecule has 1 aromatic heterocycles. The predicted octanol–water partition coefficient (Wildman–Crippen LogP) is 1.41. The Morgan fingerprint density at radius 1 is 1.38 bits per heavy atom. The third-order valence-corrected chi connectivity index (χ3v) is 5.22. The van der Waals surface area contributed by atoms with Crippen LogP contribution >= 0.6 is 11.3 Å². The Hall–Kier alpha value is -0.460. The van der Waals surface area contributed by atoms with E-state index in [1.807, 2.05) is 0 Å². The largest absolute Gasteiger partial charge is 0.245 e. The summed E-state index contributed by atoms with van der Waals surface area (Å²) in [5.41, 5.74) is 1.19. The summed E-state index contributed by atoms with van der Waals surface area (Å²) in [5, 5.41) is 0.917. The average molecular weight is 260 g/mol. The molecule has 4 nitrogen and oxygen atoms in total. The zero-order chi connectivity index (χ0) is 11.8. The molecule has 1 aromatic rings. The molecular formula is C10H16N2O2S2. The first-order valence-corrected chi connectivity index (χ1v) is 8.02. The van der Waals surface area contributed by atoms with Crippen molar-refractivity contribution in [1.82, 2.24) is 9.29 Å². The second-order valence-corrected chi connectivity index (χ2v) is 7.46. The summed E-state index contributed by atoms with van der Waals surface area (Å²) < 4.78 is 23.9. The predicted molar refractivity (Wildman–Crippen MR) is 65.1 cm³/mol. The molecule has 0 spiro atoms. The SMILES string of the molecule is CN(Cc1nc2c(s1)CCCC2)S(C)(=O)=O. The molecule has 0 bridgehead atoms. The van der Waals surface area contributed by atoms with Gasteiger partial charge in [0.05, 0.1) is 18.5 Å². The summed E-state index contributed by atoms with van der Waals surface area (Å²) in [7, 11) is -1.51. The minimum Gasteiger partial charge on any atom is -0.245 e. The number of rotatable bonds is 3. The van der Waals surface area contributed by atoms with E-state index in [-0.39, 0.29) is 0 Å². The van der Waals surface area contributed by atoms with Crippen LogP contribution in [0.2, 0.25) is 0 Å². The smallest absolute Gasteiger partial charge is 0.211 e. The van der Waals surface area contributed by atoms with Crippen LogP contribution in [0.15, 0.2) is 0 Å². The van der Waals surface area contributed by atoms with E-state index in [1.54, 1.807) is 18.4 Å². The van der Waals surface area contributed by atoms with Gasteiger partial charge < -0.3 is 0 Å². The normalized spacial score (nSPS) is 16.4. The van der Waals surface area contributed by atoms with Crippen LogP contribution in [0.3, 0.4) is 0 Å². The molecule has 0 amide bonds. The van der Waals surface area contributed by atoms with Gasteiger partial charge in [0.25, 0.3) is 0 Å². The molecule has 16 heavy (non-hydrogen) atoms. The molecule has 6 heteroatoms. The molecule has 0 atom stereocenters. The van der Waals surface area contributed by atoms with E-state index < -0.39 is 10.0 Å². The Labute approximate surface area is 100 Å². The molecule has 0 aromatic carbocycles. The Balaban J connectivity index is 2.14. The Morgan fingerprint density at radius 2 is 2.06 bits per heavy atom. The van der Waals surface area contributed by atoms with E-state index in [9.17, 15) is 8.42 Å². The summed E-state index contributed by atoms with van der Waals surface area (Å²) in [4.78, 5) is 5.87.